The number of rotatable bonds is 10. The Balaban J connectivity index is 1.56. The number of amides is 1. The molecule has 2 N–H and O–H groups in total. The third-order valence-electron chi connectivity index (χ3n) is 4.81. The van der Waals surface area contributed by atoms with E-state index in [0.29, 0.717) is 27.1 Å². The second kappa shape index (κ2) is 11.3. The van der Waals surface area contributed by atoms with Gasteiger partial charge in [-0.15, -0.1) is 0 Å². The van der Waals surface area contributed by atoms with Gasteiger partial charge in [0.25, 0.3) is 10.0 Å². The number of anilines is 3. The summed E-state index contributed by atoms with van der Waals surface area (Å²) in [6.07, 6.45) is 1.44. The standard InChI is InChI=1S/C23H23Cl2N3O5S2/c1-34(30,31)28(21-11-7-17(24)8-12-21)15-3-6-23(29)26-19-9-13-22(14-10-19)35(32,33)27-20-5-2-4-18(25)16-20/h2,4-5,7-14,16,27H,3,6,15H2,1H3,(H,26,29). The van der Waals surface area contributed by atoms with Crippen LogP contribution < -0.4 is 14.3 Å². The van der Waals surface area contributed by atoms with Gasteiger partial charge in [-0.2, -0.15) is 0 Å². The van der Waals surface area contributed by atoms with Gasteiger partial charge >= 0.3 is 0 Å². The maximum atomic E-state index is 12.6. The lowest BCUT2D eigenvalue weighted by Crippen LogP contribution is -2.31. The number of nitrogens with one attached hydrogen (secondary N) is 2. The highest BCUT2D eigenvalue weighted by atomic mass is 35.5. The normalized spacial score (nSPS) is 11.6. The van der Waals surface area contributed by atoms with Crippen molar-refractivity contribution < 1.29 is 21.6 Å². The van der Waals surface area contributed by atoms with Crippen molar-refractivity contribution in [2.24, 2.45) is 0 Å². The first-order valence-electron chi connectivity index (χ1n) is 10.4. The zero-order valence-corrected chi connectivity index (χ0v) is 21.8. The van der Waals surface area contributed by atoms with Gasteiger partial charge in [-0.05, 0) is 73.2 Å². The number of hydrogen-bond acceptors (Lipinski definition) is 5. The van der Waals surface area contributed by atoms with E-state index in [1.165, 1.54) is 34.6 Å². The quantitative estimate of drug-likeness (QED) is 0.366. The largest absolute Gasteiger partial charge is 0.326 e. The van der Waals surface area contributed by atoms with E-state index in [1.807, 2.05) is 0 Å². The van der Waals surface area contributed by atoms with Crippen LogP contribution in [0.5, 0.6) is 0 Å². The second-order valence-electron chi connectivity index (χ2n) is 7.60. The van der Waals surface area contributed by atoms with E-state index < -0.39 is 20.0 Å². The number of carbonyl (C=O) groups is 1. The summed E-state index contributed by atoms with van der Waals surface area (Å²) in [6, 6.07) is 18.4. The fourth-order valence-corrected chi connectivity index (χ4v) is 5.52. The van der Waals surface area contributed by atoms with E-state index in [0.717, 1.165) is 6.26 Å². The first-order valence-corrected chi connectivity index (χ1v) is 14.4. The molecule has 0 saturated heterocycles. The van der Waals surface area contributed by atoms with Gasteiger partial charge in [0.05, 0.1) is 22.5 Å². The Morgan fingerprint density at radius 2 is 1.51 bits per heavy atom. The molecule has 1 amide bonds. The maximum Gasteiger partial charge on any atom is 0.261 e. The van der Waals surface area contributed by atoms with Crippen LogP contribution in [0.25, 0.3) is 0 Å². The van der Waals surface area contributed by atoms with E-state index in [-0.39, 0.29) is 30.2 Å². The van der Waals surface area contributed by atoms with E-state index in [1.54, 1.807) is 42.5 Å². The Hall–Kier alpha value is -2.79. The van der Waals surface area contributed by atoms with Crippen LogP contribution in [0.1, 0.15) is 12.8 Å². The van der Waals surface area contributed by atoms with Crippen LogP contribution in [0, 0.1) is 0 Å². The molecule has 3 aromatic rings. The first kappa shape index (κ1) is 26.8. The zero-order chi connectivity index (χ0) is 25.6. The summed E-state index contributed by atoms with van der Waals surface area (Å²) in [7, 11) is -7.38. The highest BCUT2D eigenvalue weighted by Crippen LogP contribution is 2.22. The predicted octanol–water partition coefficient (Wildman–Crippen LogP) is 4.98. The number of sulfonamides is 2. The van der Waals surface area contributed by atoms with Crippen molar-refractivity contribution in [1.29, 1.82) is 0 Å². The molecule has 3 rings (SSSR count). The van der Waals surface area contributed by atoms with Crippen LogP contribution in [0.4, 0.5) is 17.1 Å². The van der Waals surface area contributed by atoms with Crippen LogP contribution in [0.2, 0.25) is 10.0 Å². The molecule has 0 aliphatic heterocycles. The Morgan fingerprint density at radius 1 is 0.857 bits per heavy atom. The highest BCUT2D eigenvalue weighted by molar-refractivity contribution is 7.92. The molecule has 0 saturated carbocycles. The van der Waals surface area contributed by atoms with Crippen LogP contribution in [0.15, 0.2) is 77.7 Å². The Morgan fingerprint density at radius 3 is 2.11 bits per heavy atom. The lowest BCUT2D eigenvalue weighted by Gasteiger charge is -2.22. The molecule has 3 aromatic carbocycles. The molecule has 0 radical (unpaired) electrons. The lowest BCUT2D eigenvalue weighted by molar-refractivity contribution is -0.116. The van der Waals surface area contributed by atoms with Crippen molar-refractivity contribution in [1.82, 2.24) is 0 Å². The van der Waals surface area contributed by atoms with E-state index in [2.05, 4.69) is 10.0 Å². The van der Waals surface area contributed by atoms with Crippen molar-refractivity contribution in [3.05, 3.63) is 82.8 Å². The number of halogens is 2. The molecule has 35 heavy (non-hydrogen) atoms. The average molecular weight is 556 g/mol. The number of carbonyl (C=O) groups excluding carboxylic acids is 1. The summed E-state index contributed by atoms with van der Waals surface area (Å²) in [6.45, 7) is 0.111. The topological polar surface area (TPSA) is 113 Å². The molecule has 186 valence electrons. The van der Waals surface area contributed by atoms with Crippen molar-refractivity contribution in [2.45, 2.75) is 17.7 Å². The van der Waals surface area contributed by atoms with Gasteiger partial charge in [-0.1, -0.05) is 29.3 Å². The molecule has 0 heterocycles. The number of benzene rings is 3. The Bertz CT molecular complexity index is 1400. The van der Waals surface area contributed by atoms with Gasteiger partial charge in [0.15, 0.2) is 0 Å². The smallest absolute Gasteiger partial charge is 0.261 e. The van der Waals surface area contributed by atoms with Crippen LogP contribution in [-0.2, 0) is 24.8 Å². The summed E-state index contributed by atoms with van der Waals surface area (Å²) in [4.78, 5) is 12.4. The Labute approximate surface area is 215 Å². The molecule has 0 fully saturated rings. The lowest BCUT2D eigenvalue weighted by atomic mass is 10.2. The fourth-order valence-electron chi connectivity index (χ4n) is 3.18. The Kier molecular flexibility index (Phi) is 8.65. The molecule has 0 atom stereocenters. The highest BCUT2D eigenvalue weighted by Gasteiger charge is 2.18. The third kappa shape index (κ3) is 7.86. The molecule has 0 spiro atoms. The summed E-state index contributed by atoms with van der Waals surface area (Å²) in [5.41, 5.74) is 1.20. The molecule has 0 bridgehead atoms. The number of hydrogen-bond donors (Lipinski definition) is 2. The van der Waals surface area contributed by atoms with Gasteiger partial charge in [0.1, 0.15) is 0 Å². The molecule has 0 unspecified atom stereocenters. The zero-order valence-electron chi connectivity index (χ0n) is 18.6. The monoisotopic (exact) mass is 555 g/mol. The molecule has 0 aromatic heterocycles. The van der Waals surface area contributed by atoms with E-state index in [4.69, 9.17) is 23.2 Å². The van der Waals surface area contributed by atoms with Gasteiger partial charge in [0, 0.05) is 28.7 Å². The van der Waals surface area contributed by atoms with Crippen molar-refractivity contribution in [3.63, 3.8) is 0 Å². The maximum absolute atomic E-state index is 12.6. The summed E-state index contributed by atoms with van der Waals surface area (Å²) >= 11 is 11.8. The minimum Gasteiger partial charge on any atom is -0.326 e. The molecule has 12 heteroatoms. The van der Waals surface area contributed by atoms with E-state index >= 15 is 0 Å². The first-order chi connectivity index (χ1) is 16.4. The van der Waals surface area contributed by atoms with Crippen molar-refractivity contribution >= 4 is 66.2 Å². The minimum atomic E-state index is -3.83. The van der Waals surface area contributed by atoms with Gasteiger partial charge < -0.3 is 5.32 Å². The minimum absolute atomic E-state index is 0.0160. The second-order valence-corrected chi connectivity index (χ2v) is 12.1. The third-order valence-corrected chi connectivity index (χ3v) is 7.88. The van der Waals surface area contributed by atoms with Gasteiger partial charge in [-0.25, -0.2) is 16.8 Å². The molecule has 0 aliphatic carbocycles. The molecule has 0 aliphatic rings. The summed E-state index contributed by atoms with van der Waals surface area (Å²) in [5.74, 6) is -0.331. The van der Waals surface area contributed by atoms with Crippen LogP contribution in [0.3, 0.4) is 0 Å². The SMILES string of the molecule is CS(=O)(=O)N(CCCC(=O)Nc1ccc(S(=O)(=O)Nc2cccc(Cl)c2)cc1)c1ccc(Cl)cc1. The van der Waals surface area contributed by atoms with Gasteiger partial charge in [0.2, 0.25) is 15.9 Å². The fraction of sp³-hybridized carbons (Fsp3) is 0.174. The van der Waals surface area contributed by atoms with Crippen molar-refractivity contribution in [2.75, 3.05) is 27.1 Å². The van der Waals surface area contributed by atoms with Crippen molar-refractivity contribution in [3.8, 4) is 0 Å². The molecular weight excluding hydrogens is 533 g/mol. The average Bonchev–Trinajstić information content (AvgIpc) is 2.77. The molecular formula is C23H23Cl2N3O5S2. The van der Waals surface area contributed by atoms with Crippen LogP contribution in [-0.4, -0.2) is 35.5 Å². The van der Waals surface area contributed by atoms with E-state index in [9.17, 15) is 21.6 Å². The van der Waals surface area contributed by atoms with Gasteiger partial charge in [-0.3, -0.25) is 13.8 Å². The summed E-state index contributed by atoms with van der Waals surface area (Å²) in [5, 5.41) is 3.57. The molecule has 8 nitrogen and oxygen atoms in total. The van der Waals surface area contributed by atoms with Crippen LogP contribution >= 0.6 is 23.2 Å². The number of nitrogens with zero attached hydrogens (tertiary/aromatic N) is 1. The predicted molar refractivity (Wildman–Crippen MR) is 140 cm³/mol. The summed E-state index contributed by atoms with van der Waals surface area (Å²) < 4.78 is 53.1.